The molecule has 3 heterocycles. The fourth-order valence-electron chi connectivity index (χ4n) is 2.62. The molecule has 7 heteroatoms. The predicted octanol–water partition coefficient (Wildman–Crippen LogP) is 2.41. The molecule has 24 heavy (non-hydrogen) atoms. The largest absolute Gasteiger partial charge is 0.351 e. The first-order valence-corrected chi connectivity index (χ1v) is 7.39. The number of benzene rings is 1. The van der Waals surface area contributed by atoms with Crippen molar-refractivity contribution in [1.82, 2.24) is 24.3 Å². The maximum absolute atomic E-state index is 12.6. The van der Waals surface area contributed by atoms with E-state index in [9.17, 15) is 4.79 Å². The summed E-state index contributed by atoms with van der Waals surface area (Å²) < 4.78 is 3.54. The molecule has 0 saturated carbocycles. The van der Waals surface area contributed by atoms with Crippen molar-refractivity contribution in [3.8, 4) is 5.82 Å². The number of carbonyl (C=O) groups excluding carboxylic acids is 1. The number of fused-ring (bicyclic) bond motifs is 1. The number of carbonyl (C=O) groups is 1. The quantitative estimate of drug-likeness (QED) is 0.629. The van der Waals surface area contributed by atoms with Crippen molar-refractivity contribution >= 4 is 22.5 Å². The second kappa shape index (κ2) is 5.62. The lowest BCUT2D eigenvalue weighted by Crippen LogP contribution is -2.12. The highest BCUT2D eigenvalue weighted by Crippen LogP contribution is 2.20. The van der Waals surface area contributed by atoms with Crippen LogP contribution in [0, 0.1) is 0 Å². The Hall–Kier alpha value is -3.48. The lowest BCUT2D eigenvalue weighted by molar-refractivity contribution is 0.102. The van der Waals surface area contributed by atoms with Gasteiger partial charge in [0.2, 0.25) is 0 Å². The van der Waals surface area contributed by atoms with E-state index in [-0.39, 0.29) is 5.91 Å². The zero-order valence-corrected chi connectivity index (χ0v) is 12.9. The molecule has 0 fully saturated rings. The van der Waals surface area contributed by atoms with Crippen LogP contribution in [0.2, 0.25) is 0 Å². The molecule has 0 bridgehead atoms. The van der Waals surface area contributed by atoms with Gasteiger partial charge in [-0.1, -0.05) is 6.07 Å². The molecule has 3 aromatic heterocycles. The van der Waals surface area contributed by atoms with E-state index in [2.05, 4.69) is 20.4 Å². The topological polar surface area (TPSA) is 77.6 Å². The molecule has 4 aromatic rings. The van der Waals surface area contributed by atoms with Gasteiger partial charge in [0, 0.05) is 29.7 Å². The van der Waals surface area contributed by atoms with Crippen LogP contribution in [0.5, 0.6) is 0 Å². The first-order chi connectivity index (χ1) is 11.7. The number of anilines is 1. The van der Waals surface area contributed by atoms with Crippen LogP contribution in [0.1, 0.15) is 10.4 Å². The number of nitrogens with one attached hydrogen (secondary N) is 1. The molecule has 0 unspecified atom stereocenters. The van der Waals surface area contributed by atoms with Crippen LogP contribution in [0.25, 0.3) is 16.7 Å². The van der Waals surface area contributed by atoms with Gasteiger partial charge >= 0.3 is 0 Å². The van der Waals surface area contributed by atoms with Gasteiger partial charge in [0.25, 0.3) is 5.91 Å². The predicted molar refractivity (Wildman–Crippen MR) is 90.0 cm³/mol. The summed E-state index contributed by atoms with van der Waals surface area (Å²) >= 11 is 0. The third-order valence-corrected chi connectivity index (χ3v) is 3.83. The molecule has 0 saturated heterocycles. The third-order valence-electron chi connectivity index (χ3n) is 3.83. The van der Waals surface area contributed by atoms with E-state index in [1.807, 2.05) is 42.1 Å². The van der Waals surface area contributed by atoms with Crippen LogP contribution < -0.4 is 5.32 Å². The molecule has 0 aliphatic heterocycles. The molecule has 0 spiro atoms. The fourth-order valence-corrected chi connectivity index (χ4v) is 2.62. The van der Waals surface area contributed by atoms with E-state index >= 15 is 0 Å². The van der Waals surface area contributed by atoms with Crippen molar-refractivity contribution in [2.45, 2.75) is 0 Å². The number of pyridine rings is 1. The zero-order chi connectivity index (χ0) is 16.5. The number of aromatic nitrogens is 5. The fraction of sp³-hybridized carbons (Fsp3) is 0.0588. The lowest BCUT2D eigenvalue weighted by Gasteiger charge is -2.07. The summed E-state index contributed by atoms with van der Waals surface area (Å²) in [5, 5.41) is 7.81. The molecule has 0 atom stereocenters. The summed E-state index contributed by atoms with van der Waals surface area (Å²) in [6.45, 7) is 0. The minimum absolute atomic E-state index is 0.165. The number of nitrogens with zero attached hydrogens (tertiary/aromatic N) is 5. The van der Waals surface area contributed by atoms with E-state index < -0.39 is 0 Å². The molecule has 7 nitrogen and oxygen atoms in total. The summed E-state index contributed by atoms with van der Waals surface area (Å²) in [4.78, 5) is 20.7. The van der Waals surface area contributed by atoms with Gasteiger partial charge in [0.15, 0.2) is 5.82 Å². The number of amides is 1. The first kappa shape index (κ1) is 14.1. The Balaban J connectivity index is 1.59. The minimum Gasteiger partial charge on any atom is -0.351 e. The summed E-state index contributed by atoms with van der Waals surface area (Å²) in [7, 11) is 1.96. The van der Waals surface area contributed by atoms with E-state index in [1.54, 1.807) is 29.3 Å². The van der Waals surface area contributed by atoms with Crippen molar-refractivity contribution in [2.75, 3.05) is 5.32 Å². The highest BCUT2D eigenvalue weighted by Gasteiger charge is 2.12. The van der Waals surface area contributed by atoms with Gasteiger partial charge in [0.1, 0.15) is 12.7 Å². The van der Waals surface area contributed by atoms with E-state index in [0.717, 1.165) is 10.9 Å². The highest BCUT2D eigenvalue weighted by atomic mass is 16.1. The smallest absolute Gasteiger partial charge is 0.256 e. The Labute approximate surface area is 137 Å². The average molecular weight is 318 g/mol. The molecule has 1 N–H and O–H groups in total. The molecule has 0 aliphatic carbocycles. The number of rotatable bonds is 3. The maximum atomic E-state index is 12.6. The monoisotopic (exact) mass is 318 g/mol. The molecular formula is C17H14N6O. The van der Waals surface area contributed by atoms with Crippen molar-refractivity contribution < 1.29 is 4.79 Å². The summed E-state index contributed by atoms with van der Waals surface area (Å²) in [5.74, 6) is 0.470. The lowest BCUT2D eigenvalue weighted by atomic mass is 10.1. The Morgan fingerprint density at radius 1 is 1.17 bits per heavy atom. The normalized spacial score (nSPS) is 10.9. The van der Waals surface area contributed by atoms with Crippen molar-refractivity contribution in [3.63, 3.8) is 0 Å². The van der Waals surface area contributed by atoms with E-state index in [1.165, 1.54) is 6.33 Å². The Morgan fingerprint density at radius 2 is 2.08 bits per heavy atom. The molecule has 118 valence electrons. The number of aryl methyl sites for hydroxylation is 1. The van der Waals surface area contributed by atoms with Gasteiger partial charge in [-0.05, 0) is 30.3 Å². The average Bonchev–Trinajstić information content (AvgIpc) is 3.26. The van der Waals surface area contributed by atoms with Crippen LogP contribution >= 0.6 is 0 Å². The maximum Gasteiger partial charge on any atom is 0.256 e. The third kappa shape index (κ3) is 2.41. The first-order valence-electron chi connectivity index (χ1n) is 7.39. The van der Waals surface area contributed by atoms with Crippen LogP contribution in [0.4, 0.5) is 5.69 Å². The highest BCUT2D eigenvalue weighted by molar-refractivity contribution is 6.12. The van der Waals surface area contributed by atoms with Gasteiger partial charge in [-0.25, -0.2) is 14.6 Å². The Morgan fingerprint density at radius 3 is 2.83 bits per heavy atom. The van der Waals surface area contributed by atoms with Crippen molar-refractivity contribution in [2.24, 2.45) is 7.05 Å². The van der Waals surface area contributed by atoms with Gasteiger partial charge in [0.05, 0.1) is 11.9 Å². The molecular weight excluding hydrogens is 304 g/mol. The van der Waals surface area contributed by atoms with E-state index in [4.69, 9.17) is 0 Å². The summed E-state index contributed by atoms with van der Waals surface area (Å²) in [6.07, 6.45) is 6.55. The van der Waals surface area contributed by atoms with Crippen molar-refractivity contribution in [1.29, 1.82) is 0 Å². The van der Waals surface area contributed by atoms with Crippen LogP contribution in [0.3, 0.4) is 0 Å². The second-order valence-corrected chi connectivity index (χ2v) is 5.36. The van der Waals surface area contributed by atoms with Crippen LogP contribution in [0.15, 0.2) is 61.4 Å². The number of hydrogen-bond donors (Lipinski definition) is 1. The van der Waals surface area contributed by atoms with E-state index in [0.29, 0.717) is 17.1 Å². The second-order valence-electron chi connectivity index (χ2n) is 5.36. The van der Waals surface area contributed by atoms with Crippen LogP contribution in [-0.2, 0) is 7.05 Å². The molecule has 4 rings (SSSR count). The molecule has 0 radical (unpaired) electrons. The summed E-state index contributed by atoms with van der Waals surface area (Å²) in [6, 6.07) is 11.2. The Kier molecular flexibility index (Phi) is 3.31. The Bertz CT molecular complexity index is 1000. The summed E-state index contributed by atoms with van der Waals surface area (Å²) in [5.41, 5.74) is 2.27. The van der Waals surface area contributed by atoms with Gasteiger partial charge < -0.3 is 9.88 Å². The van der Waals surface area contributed by atoms with Gasteiger partial charge in [-0.15, -0.1) is 0 Å². The standard InChI is InChI=1S/C17H14N6O/c1-22-8-7-13-14(3-2-4-15(13)22)17(24)21-12-5-6-16(19-9-12)23-11-18-10-20-23/h2-11H,1H3,(H,21,24). The minimum atomic E-state index is -0.165. The zero-order valence-electron chi connectivity index (χ0n) is 12.9. The van der Waals surface area contributed by atoms with Crippen molar-refractivity contribution in [3.05, 3.63) is 67.0 Å². The molecule has 1 amide bonds. The van der Waals surface area contributed by atoms with Gasteiger partial charge in [-0.2, -0.15) is 5.10 Å². The SMILES string of the molecule is Cn1ccc2c(C(=O)Nc3ccc(-n4cncn4)nc3)cccc21. The van der Waals surface area contributed by atoms with Gasteiger partial charge in [-0.3, -0.25) is 4.79 Å². The molecule has 1 aromatic carbocycles. The van der Waals surface area contributed by atoms with Crippen LogP contribution in [-0.4, -0.2) is 30.2 Å². The molecule has 0 aliphatic rings. The number of hydrogen-bond acceptors (Lipinski definition) is 4.